The van der Waals surface area contributed by atoms with Crippen LogP contribution in [0.5, 0.6) is 0 Å². The van der Waals surface area contributed by atoms with Gasteiger partial charge in [-0.1, -0.05) is 12.1 Å². The molecule has 0 radical (unpaired) electrons. The molecule has 1 aromatic rings. The van der Waals surface area contributed by atoms with Crippen LogP contribution in [-0.2, 0) is 14.8 Å². The van der Waals surface area contributed by atoms with Crippen LogP contribution in [0.1, 0.15) is 31.4 Å². The average molecular weight is 312 g/mol. The van der Waals surface area contributed by atoms with Crippen LogP contribution in [0.3, 0.4) is 0 Å². The van der Waals surface area contributed by atoms with Gasteiger partial charge in [-0.2, -0.15) is 4.31 Å². The molecule has 1 saturated heterocycles. The highest BCUT2D eigenvalue weighted by Gasteiger charge is 2.29. The molecule has 1 N–H and O–H groups in total. The summed E-state index contributed by atoms with van der Waals surface area (Å²) < 4.78 is 32.0. The van der Waals surface area contributed by atoms with Crippen molar-refractivity contribution in [3.05, 3.63) is 29.8 Å². The second kappa shape index (κ2) is 6.87. The first-order valence-corrected chi connectivity index (χ1v) is 8.73. The van der Waals surface area contributed by atoms with Crippen LogP contribution >= 0.6 is 0 Å². The Morgan fingerprint density at radius 3 is 2.29 bits per heavy atom. The van der Waals surface area contributed by atoms with Gasteiger partial charge >= 0.3 is 0 Å². The highest BCUT2D eigenvalue weighted by molar-refractivity contribution is 7.89. The molecule has 0 saturated carbocycles. The Morgan fingerprint density at radius 2 is 1.81 bits per heavy atom. The maximum Gasteiger partial charge on any atom is 0.243 e. The minimum Gasteiger partial charge on any atom is -0.381 e. The predicted molar refractivity (Wildman–Crippen MR) is 82.7 cm³/mol. The number of rotatable bonds is 5. The Balaban J connectivity index is 2.13. The monoisotopic (exact) mass is 312 g/mol. The molecule has 0 bridgehead atoms. The second-order valence-corrected chi connectivity index (χ2v) is 7.36. The highest BCUT2D eigenvalue weighted by Crippen LogP contribution is 2.23. The summed E-state index contributed by atoms with van der Waals surface area (Å²) in [7, 11) is 0.176. The molecule has 1 aliphatic rings. The molecule has 118 valence electrons. The van der Waals surface area contributed by atoms with Crippen LogP contribution in [0, 0.1) is 0 Å². The van der Waals surface area contributed by atoms with Crippen molar-refractivity contribution in [2.75, 3.05) is 27.2 Å². The summed E-state index contributed by atoms with van der Waals surface area (Å²) in [5.41, 5.74) is 1.08. The molecule has 0 spiro atoms. The normalized spacial score (nSPS) is 19.6. The van der Waals surface area contributed by atoms with Crippen molar-refractivity contribution in [2.24, 2.45) is 0 Å². The van der Waals surface area contributed by atoms with Crippen molar-refractivity contribution in [1.82, 2.24) is 9.62 Å². The van der Waals surface area contributed by atoms with E-state index >= 15 is 0 Å². The van der Waals surface area contributed by atoms with Crippen molar-refractivity contribution in [2.45, 2.75) is 36.8 Å². The molecule has 6 heteroatoms. The molecule has 21 heavy (non-hydrogen) atoms. The van der Waals surface area contributed by atoms with Gasteiger partial charge in [0.1, 0.15) is 0 Å². The largest absolute Gasteiger partial charge is 0.381 e. The molecular weight excluding hydrogens is 288 g/mol. The van der Waals surface area contributed by atoms with Gasteiger partial charge in [-0.25, -0.2) is 8.42 Å². The van der Waals surface area contributed by atoms with E-state index in [9.17, 15) is 8.42 Å². The number of hydrogen-bond acceptors (Lipinski definition) is 4. The van der Waals surface area contributed by atoms with Gasteiger partial charge in [0.05, 0.1) is 11.0 Å². The molecule has 1 aliphatic heterocycles. The zero-order valence-electron chi connectivity index (χ0n) is 12.9. The first-order chi connectivity index (χ1) is 9.98. The molecule has 5 nitrogen and oxygen atoms in total. The van der Waals surface area contributed by atoms with Crippen LogP contribution < -0.4 is 5.32 Å². The number of hydrogen-bond donors (Lipinski definition) is 1. The quantitative estimate of drug-likeness (QED) is 0.900. The summed E-state index contributed by atoms with van der Waals surface area (Å²) in [6, 6.07) is 7.34. The smallest absolute Gasteiger partial charge is 0.243 e. The van der Waals surface area contributed by atoms with Crippen LogP contribution in [-0.4, -0.2) is 46.1 Å². The first kappa shape index (κ1) is 16.4. The Kier molecular flexibility index (Phi) is 5.37. The highest BCUT2D eigenvalue weighted by atomic mass is 32.2. The lowest BCUT2D eigenvalue weighted by Crippen LogP contribution is -2.40. The number of benzene rings is 1. The number of nitrogens with one attached hydrogen (secondary N) is 1. The summed E-state index contributed by atoms with van der Waals surface area (Å²) in [5, 5.41) is 3.14. The molecule has 1 fully saturated rings. The lowest BCUT2D eigenvalue weighted by Gasteiger charge is -2.30. The molecule has 0 amide bonds. The fourth-order valence-corrected chi connectivity index (χ4v) is 4.02. The summed E-state index contributed by atoms with van der Waals surface area (Å²) >= 11 is 0. The minimum atomic E-state index is -3.39. The average Bonchev–Trinajstić information content (AvgIpc) is 2.54. The molecular formula is C15H24N2O3S. The van der Waals surface area contributed by atoms with Crippen LogP contribution in [0.15, 0.2) is 29.2 Å². The van der Waals surface area contributed by atoms with Crippen molar-refractivity contribution >= 4 is 10.0 Å². The van der Waals surface area contributed by atoms with Crippen molar-refractivity contribution in [3.8, 4) is 0 Å². The van der Waals surface area contributed by atoms with Gasteiger partial charge < -0.3 is 10.1 Å². The molecule has 2 rings (SSSR count). The maximum atomic E-state index is 12.6. The summed E-state index contributed by atoms with van der Waals surface area (Å²) in [5.74, 6) is 0. The van der Waals surface area contributed by atoms with Gasteiger partial charge in [0, 0.05) is 26.2 Å². The number of ether oxygens (including phenoxy) is 1. The molecule has 1 atom stereocenters. The van der Waals surface area contributed by atoms with E-state index in [1.807, 2.05) is 26.1 Å². The number of sulfonamides is 1. The van der Waals surface area contributed by atoms with Crippen molar-refractivity contribution in [3.63, 3.8) is 0 Å². The van der Waals surface area contributed by atoms with Crippen LogP contribution in [0.25, 0.3) is 0 Å². The van der Waals surface area contributed by atoms with Crippen LogP contribution in [0.2, 0.25) is 0 Å². The number of piperidine rings is 1. The van der Waals surface area contributed by atoms with E-state index in [0.29, 0.717) is 18.0 Å². The first-order valence-electron chi connectivity index (χ1n) is 7.29. The summed E-state index contributed by atoms with van der Waals surface area (Å²) in [6.07, 6.45) is 1.69. The van der Waals surface area contributed by atoms with E-state index in [1.165, 1.54) is 0 Å². The SMILES string of the molecule is CNC(C)c1ccc(S(=O)(=O)N2CCC(OC)CC2)cc1. The molecule has 1 heterocycles. The van der Waals surface area contributed by atoms with E-state index in [2.05, 4.69) is 5.32 Å². The van der Waals surface area contributed by atoms with Gasteiger partial charge in [-0.3, -0.25) is 0 Å². The lowest BCUT2D eigenvalue weighted by atomic mass is 10.1. The minimum absolute atomic E-state index is 0.176. The zero-order chi connectivity index (χ0) is 15.5. The Morgan fingerprint density at radius 1 is 1.24 bits per heavy atom. The third-order valence-corrected chi connectivity index (χ3v) is 6.10. The van der Waals surface area contributed by atoms with E-state index in [0.717, 1.165) is 18.4 Å². The van der Waals surface area contributed by atoms with Gasteiger partial charge in [0.15, 0.2) is 0 Å². The molecule has 0 aliphatic carbocycles. The van der Waals surface area contributed by atoms with Gasteiger partial charge in [-0.15, -0.1) is 0 Å². The van der Waals surface area contributed by atoms with E-state index in [4.69, 9.17) is 4.74 Å². The third kappa shape index (κ3) is 3.63. The van der Waals surface area contributed by atoms with Gasteiger partial charge in [0.25, 0.3) is 0 Å². The molecule has 1 aromatic carbocycles. The summed E-state index contributed by atoms with van der Waals surface area (Å²) in [6.45, 7) is 3.09. The van der Waals surface area contributed by atoms with Crippen molar-refractivity contribution < 1.29 is 13.2 Å². The topological polar surface area (TPSA) is 58.6 Å². The number of nitrogens with zero attached hydrogens (tertiary/aromatic N) is 1. The maximum absolute atomic E-state index is 12.6. The van der Waals surface area contributed by atoms with E-state index in [1.54, 1.807) is 23.5 Å². The van der Waals surface area contributed by atoms with E-state index < -0.39 is 10.0 Å². The standard InChI is InChI=1S/C15H24N2O3S/c1-12(16-2)13-4-6-15(7-5-13)21(18,19)17-10-8-14(20-3)9-11-17/h4-7,12,14,16H,8-11H2,1-3H3. The molecule has 1 unspecified atom stereocenters. The Labute approximate surface area is 127 Å². The lowest BCUT2D eigenvalue weighted by molar-refractivity contribution is 0.0604. The second-order valence-electron chi connectivity index (χ2n) is 5.42. The van der Waals surface area contributed by atoms with Crippen LogP contribution in [0.4, 0.5) is 0 Å². The van der Waals surface area contributed by atoms with Gasteiger partial charge in [-0.05, 0) is 44.5 Å². The molecule has 0 aromatic heterocycles. The predicted octanol–water partition coefficient (Wildman–Crippen LogP) is 1.77. The number of methoxy groups -OCH3 is 1. The Bertz CT molecular complexity index is 549. The summed E-state index contributed by atoms with van der Waals surface area (Å²) in [4.78, 5) is 0.366. The van der Waals surface area contributed by atoms with E-state index in [-0.39, 0.29) is 12.1 Å². The Hall–Kier alpha value is -0.950. The zero-order valence-corrected chi connectivity index (χ0v) is 13.7. The van der Waals surface area contributed by atoms with Gasteiger partial charge in [0.2, 0.25) is 10.0 Å². The fourth-order valence-electron chi connectivity index (χ4n) is 2.55. The van der Waals surface area contributed by atoms with Crippen molar-refractivity contribution in [1.29, 1.82) is 0 Å². The third-order valence-electron chi connectivity index (χ3n) is 4.19. The fraction of sp³-hybridized carbons (Fsp3) is 0.600.